The molecule has 126 valence electrons. The molecule has 0 spiro atoms. The van der Waals surface area contributed by atoms with Crippen molar-refractivity contribution in [2.45, 2.75) is 23.6 Å². The Morgan fingerprint density at radius 3 is 1.68 bits per heavy atom. The molecule has 0 aromatic heterocycles. The summed E-state index contributed by atoms with van der Waals surface area (Å²) in [4.78, 5) is 45.7. The number of carbonyl (C=O) groups excluding carboxylic acids is 2. The minimum Gasteiger partial charge on any atom is -0.479 e. The number of hydrogen-bond acceptors (Lipinski definition) is 9. The van der Waals surface area contributed by atoms with Crippen LogP contribution in [0.15, 0.2) is 0 Å². The minimum absolute atomic E-state index is 0.940. The van der Waals surface area contributed by atoms with E-state index in [0.717, 1.165) is 7.11 Å². The van der Waals surface area contributed by atoms with Crippen LogP contribution in [-0.4, -0.2) is 81.4 Å². The van der Waals surface area contributed by atoms with E-state index < -0.39 is 60.3 Å². The Balaban J connectivity index is 5.40. The van der Waals surface area contributed by atoms with Crippen LogP contribution in [0.1, 0.15) is 6.42 Å². The van der Waals surface area contributed by atoms with E-state index in [0.29, 0.717) is 0 Å². The second-order valence-corrected chi connectivity index (χ2v) is 4.59. The molecular formula is C11H18N2O9. The van der Waals surface area contributed by atoms with Crippen LogP contribution >= 0.6 is 0 Å². The molecule has 8 N–H and O–H groups in total. The van der Waals surface area contributed by atoms with Crippen molar-refractivity contribution in [3.63, 3.8) is 0 Å². The summed E-state index contributed by atoms with van der Waals surface area (Å²) < 4.78 is 4.65. The lowest BCUT2D eigenvalue weighted by Crippen LogP contribution is -2.63. The molecule has 0 fully saturated rings. The molecule has 0 heterocycles. The SMILES string of the molecule is COC(CC(=O)C(N)(CO)C(=O)O)C(=O)C(N)(CO)C(=O)O. The highest BCUT2D eigenvalue weighted by Gasteiger charge is 2.48. The van der Waals surface area contributed by atoms with Gasteiger partial charge in [-0.05, 0) is 0 Å². The second kappa shape index (κ2) is 7.38. The molecule has 0 radical (unpaired) electrons. The fourth-order valence-electron chi connectivity index (χ4n) is 1.45. The van der Waals surface area contributed by atoms with Crippen molar-refractivity contribution in [1.82, 2.24) is 0 Å². The molecular weight excluding hydrogens is 304 g/mol. The lowest BCUT2D eigenvalue weighted by atomic mass is 9.86. The van der Waals surface area contributed by atoms with E-state index in [1.54, 1.807) is 0 Å². The fourth-order valence-corrected chi connectivity index (χ4v) is 1.45. The third-order valence-electron chi connectivity index (χ3n) is 3.15. The van der Waals surface area contributed by atoms with E-state index in [1.165, 1.54) is 0 Å². The highest BCUT2D eigenvalue weighted by Crippen LogP contribution is 2.15. The summed E-state index contributed by atoms with van der Waals surface area (Å²) >= 11 is 0. The first-order valence-electron chi connectivity index (χ1n) is 5.88. The van der Waals surface area contributed by atoms with Gasteiger partial charge in [-0.3, -0.25) is 9.59 Å². The van der Waals surface area contributed by atoms with E-state index in [9.17, 15) is 19.2 Å². The Kier molecular flexibility index (Phi) is 6.73. The fraction of sp³-hybridized carbons (Fsp3) is 0.636. The van der Waals surface area contributed by atoms with Crippen molar-refractivity contribution < 1.29 is 44.3 Å². The summed E-state index contributed by atoms with van der Waals surface area (Å²) in [6.07, 6.45) is -2.69. The molecule has 0 aliphatic carbocycles. The number of methoxy groups -OCH3 is 1. The summed E-state index contributed by atoms with van der Waals surface area (Å²) in [5, 5.41) is 35.6. The Bertz CT molecular complexity index is 480. The third kappa shape index (κ3) is 3.64. The Morgan fingerprint density at radius 1 is 1.00 bits per heavy atom. The molecule has 0 aliphatic heterocycles. The van der Waals surface area contributed by atoms with Crippen molar-refractivity contribution in [3.05, 3.63) is 0 Å². The lowest BCUT2D eigenvalue weighted by Gasteiger charge is -2.27. The van der Waals surface area contributed by atoms with Gasteiger partial charge >= 0.3 is 11.9 Å². The van der Waals surface area contributed by atoms with E-state index in [2.05, 4.69) is 4.74 Å². The van der Waals surface area contributed by atoms with Crippen LogP contribution in [0.3, 0.4) is 0 Å². The molecule has 11 heteroatoms. The first kappa shape index (κ1) is 20.1. The first-order chi connectivity index (χ1) is 10.0. The zero-order chi connectivity index (χ0) is 17.7. The van der Waals surface area contributed by atoms with Gasteiger partial charge in [0.15, 0.2) is 22.6 Å². The van der Waals surface area contributed by atoms with Gasteiger partial charge in [0, 0.05) is 13.5 Å². The third-order valence-corrected chi connectivity index (χ3v) is 3.15. The number of aliphatic hydroxyl groups excluding tert-OH is 2. The van der Waals surface area contributed by atoms with Crippen molar-refractivity contribution in [3.8, 4) is 0 Å². The topological polar surface area (TPSA) is 210 Å². The molecule has 0 saturated heterocycles. The van der Waals surface area contributed by atoms with Crippen LogP contribution in [0.4, 0.5) is 0 Å². The van der Waals surface area contributed by atoms with Crippen LogP contribution in [0.25, 0.3) is 0 Å². The van der Waals surface area contributed by atoms with Crippen LogP contribution in [0.2, 0.25) is 0 Å². The van der Waals surface area contributed by atoms with Gasteiger partial charge in [-0.1, -0.05) is 0 Å². The van der Waals surface area contributed by atoms with Gasteiger partial charge < -0.3 is 36.6 Å². The number of ether oxygens (including phenoxy) is 1. The molecule has 0 bridgehead atoms. The smallest absolute Gasteiger partial charge is 0.334 e. The maximum Gasteiger partial charge on any atom is 0.334 e. The normalized spacial score (nSPS) is 17.9. The second-order valence-electron chi connectivity index (χ2n) is 4.59. The number of nitrogens with two attached hydrogens (primary N) is 2. The number of ketones is 2. The average Bonchev–Trinajstić information content (AvgIpc) is 2.49. The van der Waals surface area contributed by atoms with E-state index in [4.69, 9.17) is 31.9 Å². The molecule has 3 unspecified atom stereocenters. The van der Waals surface area contributed by atoms with Gasteiger partial charge in [-0.2, -0.15) is 0 Å². The molecule has 3 atom stereocenters. The summed E-state index contributed by atoms with van der Waals surface area (Å²) in [7, 11) is 0.952. The molecule has 0 saturated carbocycles. The zero-order valence-corrected chi connectivity index (χ0v) is 11.7. The molecule has 0 aromatic carbocycles. The number of hydrogen-bond donors (Lipinski definition) is 6. The highest BCUT2D eigenvalue weighted by atomic mass is 16.5. The molecule has 0 aliphatic rings. The highest BCUT2D eigenvalue weighted by molar-refractivity contribution is 6.13. The number of Topliss-reactive ketones (excluding diaryl/α,β-unsaturated/α-hetero) is 2. The largest absolute Gasteiger partial charge is 0.479 e. The van der Waals surface area contributed by atoms with Gasteiger partial charge in [0.1, 0.15) is 6.10 Å². The molecule has 0 amide bonds. The number of aliphatic carboxylic acids is 2. The van der Waals surface area contributed by atoms with Crippen molar-refractivity contribution in [2.24, 2.45) is 11.5 Å². The van der Waals surface area contributed by atoms with Crippen molar-refractivity contribution in [2.75, 3.05) is 20.3 Å². The van der Waals surface area contributed by atoms with Crippen molar-refractivity contribution in [1.29, 1.82) is 0 Å². The number of rotatable bonds is 10. The quantitative estimate of drug-likeness (QED) is 0.214. The van der Waals surface area contributed by atoms with Crippen LogP contribution in [-0.2, 0) is 23.9 Å². The number of carboxylic acids is 2. The van der Waals surface area contributed by atoms with E-state index in [1.807, 2.05) is 0 Å². The molecule has 22 heavy (non-hydrogen) atoms. The maximum absolute atomic E-state index is 12.0. The number of carbonyl (C=O) groups is 4. The van der Waals surface area contributed by atoms with E-state index in [-0.39, 0.29) is 0 Å². The Morgan fingerprint density at radius 2 is 1.41 bits per heavy atom. The zero-order valence-electron chi connectivity index (χ0n) is 11.7. The van der Waals surface area contributed by atoms with Crippen LogP contribution < -0.4 is 11.5 Å². The average molecular weight is 322 g/mol. The summed E-state index contributed by atoms with van der Waals surface area (Å²) in [6, 6.07) is 0. The number of carboxylic acid groups (broad SMARTS) is 2. The molecule has 0 aromatic rings. The minimum atomic E-state index is -2.72. The summed E-state index contributed by atoms with van der Waals surface area (Å²) in [6.45, 7) is -2.50. The predicted octanol–water partition coefficient (Wildman–Crippen LogP) is -3.92. The van der Waals surface area contributed by atoms with E-state index >= 15 is 0 Å². The lowest BCUT2D eigenvalue weighted by molar-refractivity contribution is -0.158. The van der Waals surface area contributed by atoms with Gasteiger partial charge in [0.2, 0.25) is 0 Å². The van der Waals surface area contributed by atoms with Gasteiger partial charge in [0.05, 0.1) is 13.2 Å². The van der Waals surface area contributed by atoms with Crippen LogP contribution in [0, 0.1) is 0 Å². The summed E-state index contributed by atoms with van der Waals surface area (Å²) in [5.41, 5.74) is 5.08. The van der Waals surface area contributed by atoms with Crippen LogP contribution in [0.5, 0.6) is 0 Å². The first-order valence-corrected chi connectivity index (χ1v) is 5.88. The van der Waals surface area contributed by atoms with Gasteiger partial charge in [-0.25, -0.2) is 9.59 Å². The Hall–Kier alpha value is -1.92. The monoisotopic (exact) mass is 322 g/mol. The Labute approximate surface area is 124 Å². The standard InChI is InChI=1S/C11H18N2O9/c1-22-5(7(17)11(13,4-15)9(20)21)2-6(16)10(12,3-14)8(18)19/h5,14-15H,2-4,12-13H2,1H3,(H,18,19)(H,20,21). The number of aliphatic hydroxyl groups is 2. The van der Waals surface area contributed by atoms with Gasteiger partial charge in [-0.15, -0.1) is 0 Å². The molecule has 0 rings (SSSR count). The summed E-state index contributed by atoms with van der Waals surface area (Å²) in [5.74, 6) is -6.30. The van der Waals surface area contributed by atoms with Crippen molar-refractivity contribution >= 4 is 23.5 Å². The predicted molar refractivity (Wildman–Crippen MR) is 68.7 cm³/mol. The van der Waals surface area contributed by atoms with Gasteiger partial charge in [0.25, 0.3) is 0 Å². The maximum atomic E-state index is 12.0. The molecule has 11 nitrogen and oxygen atoms in total.